The summed E-state index contributed by atoms with van der Waals surface area (Å²) < 4.78 is 13.0. The second-order valence-electron chi connectivity index (χ2n) is 4.43. The summed E-state index contributed by atoms with van der Waals surface area (Å²) in [5, 5.41) is 3.30. The first kappa shape index (κ1) is 12.0. The molecule has 1 rings (SSSR count). The molecule has 0 aliphatic carbocycles. The Morgan fingerprint density at radius 2 is 2.07 bits per heavy atom. The molecule has 0 saturated heterocycles. The number of rotatable bonds is 5. The Balaban J connectivity index is 2.35. The summed E-state index contributed by atoms with van der Waals surface area (Å²) in [5.74, 6) is 0.615. The van der Waals surface area contributed by atoms with Crippen molar-refractivity contribution in [2.24, 2.45) is 5.92 Å². The van der Waals surface area contributed by atoms with E-state index < -0.39 is 0 Å². The second-order valence-corrected chi connectivity index (χ2v) is 4.43. The van der Waals surface area contributed by atoms with Crippen LogP contribution in [0.25, 0.3) is 0 Å². The Labute approximate surface area is 91.7 Å². The van der Waals surface area contributed by atoms with Crippen LogP contribution in [-0.4, -0.2) is 6.54 Å². The molecule has 0 unspecified atom stereocenters. The molecule has 1 nitrogen and oxygen atoms in total. The quantitative estimate of drug-likeness (QED) is 0.723. The fourth-order valence-electron chi connectivity index (χ4n) is 1.50. The van der Waals surface area contributed by atoms with Crippen LogP contribution in [0.3, 0.4) is 0 Å². The van der Waals surface area contributed by atoms with Gasteiger partial charge in [-0.25, -0.2) is 4.39 Å². The molecule has 84 valence electrons. The van der Waals surface area contributed by atoms with Gasteiger partial charge in [0.25, 0.3) is 0 Å². The molecule has 15 heavy (non-hydrogen) atoms. The average Bonchev–Trinajstić information content (AvgIpc) is 2.18. The van der Waals surface area contributed by atoms with Crippen molar-refractivity contribution in [2.75, 3.05) is 11.9 Å². The number of benzene rings is 1. The number of hydrogen-bond donors (Lipinski definition) is 1. The number of aryl methyl sites for hydroxylation is 1. The normalized spacial score (nSPS) is 10.7. The predicted octanol–water partition coefficient (Wildman–Crippen LogP) is 3.98. The van der Waals surface area contributed by atoms with Gasteiger partial charge in [0.05, 0.1) is 0 Å². The van der Waals surface area contributed by atoms with Crippen LogP contribution in [0, 0.1) is 18.7 Å². The highest BCUT2D eigenvalue weighted by molar-refractivity contribution is 5.45. The van der Waals surface area contributed by atoms with E-state index in [9.17, 15) is 4.39 Å². The van der Waals surface area contributed by atoms with E-state index in [2.05, 4.69) is 19.2 Å². The molecule has 1 aromatic rings. The molecule has 0 radical (unpaired) electrons. The molecule has 0 aliphatic heterocycles. The van der Waals surface area contributed by atoms with Gasteiger partial charge in [0.1, 0.15) is 5.82 Å². The third-order valence-corrected chi connectivity index (χ3v) is 2.45. The zero-order valence-electron chi connectivity index (χ0n) is 9.81. The minimum atomic E-state index is -0.136. The Kier molecular flexibility index (Phi) is 4.60. The van der Waals surface area contributed by atoms with E-state index in [4.69, 9.17) is 0 Å². The van der Waals surface area contributed by atoms with Gasteiger partial charge in [-0.3, -0.25) is 0 Å². The van der Waals surface area contributed by atoms with E-state index >= 15 is 0 Å². The second kappa shape index (κ2) is 5.74. The summed E-state index contributed by atoms with van der Waals surface area (Å²) in [6.45, 7) is 7.20. The lowest BCUT2D eigenvalue weighted by Gasteiger charge is -2.08. The topological polar surface area (TPSA) is 12.0 Å². The summed E-state index contributed by atoms with van der Waals surface area (Å²) in [5.41, 5.74) is 1.71. The van der Waals surface area contributed by atoms with Crippen LogP contribution in [0.1, 0.15) is 32.3 Å². The number of hydrogen-bond acceptors (Lipinski definition) is 1. The molecule has 0 bridgehead atoms. The molecule has 1 aromatic carbocycles. The van der Waals surface area contributed by atoms with Gasteiger partial charge < -0.3 is 5.32 Å². The predicted molar refractivity (Wildman–Crippen MR) is 63.7 cm³/mol. The highest BCUT2D eigenvalue weighted by atomic mass is 19.1. The molecule has 0 aliphatic rings. The standard InChI is InChI=1S/C13H20FN/c1-10(2)5-4-8-15-12-6-7-13(14)11(3)9-12/h6-7,9-10,15H,4-5,8H2,1-3H3. The van der Waals surface area contributed by atoms with Crippen LogP contribution < -0.4 is 5.32 Å². The van der Waals surface area contributed by atoms with E-state index in [1.165, 1.54) is 12.5 Å². The van der Waals surface area contributed by atoms with Crippen molar-refractivity contribution in [1.29, 1.82) is 0 Å². The van der Waals surface area contributed by atoms with Crippen molar-refractivity contribution < 1.29 is 4.39 Å². The van der Waals surface area contributed by atoms with Gasteiger partial charge >= 0.3 is 0 Å². The SMILES string of the molecule is Cc1cc(NCCCC(C)C)ccc1F. The van der Waals surface area contributed by atoms with E-state index in [1.807, 2.05) is 6.07 Å². The molecule has 0 heterocycles. The van der Waals surface area contributed by atoms with Gasteiger partial charge in [-0.05, 0) is 49.4 Å². The summed E-state index contributed by atoms with van der Waals surface area (Å²) >= 11 is 0. The highest BCUT2D eigenvalue weighted by Gasteiger charge is 1.98. The van der Waals surface area contributed by atoms with Gasteiger partial charge in [0.15, 0.2) is 0 Å². The lowest BCUT2D eigenvalue weighted by molar-refractivity contribution is 0.567. The Hall–Kier alpha value is -1.05. The minimum absolute atomic E-state index is 0.136. The molecule has 0 atom stereocenters. The van der Waals surface area contributed by atoms with Crippen molar-refractivity contribution in [3.8, 4) is 0 Å². The number of nitrogens with one attached hydrogen (secondary N) is 1. The number of halogens is 1. The van der Waals surface area contributed by atoms with Gasteiger partial charge in [-0.2, -0.15) is 0 Å². The van der Waals surface area contributed by atoms with Crippen LogP contribution in [-0.2, 0) is 0 Å². The molecule has 0 fully saturated rings. The maximum absolute atomic E-state index is 13.0. The van der Waals surface area contributed by atoms with Crippen LogP contribution in [0.2, 0.25) is 0 Å². The molecule has 0 aromatic heterocycles. The van der Waals surface area contributed by atoms with E-state index in [-0.39, 0.29) is 5.82 Å². The van der Waals surface area contributed by atoms with Crippen LogP contribution in [0.5, 0.6) is 0 Å². The monoisotopic (exact) mass is 209 g/mol. The molecule has 0 spiro atoms. The summed E-state index contributed by atoms with van der Waals surface area (Å²) in [6, 6.07) is 5.16. The largest absolute Gasteiger partial charge is 0.385 e. The summed E-state index contributed by atoms with van der Waals surface area (Å²) in [4.78, 5) is 0. The van der Waals surface area contributed by atoms with Crippen molar-refractivity contribution in [3.63, 3.8) is 0 Å². The zero-order valence-corrected chi connectivity index (χ0v) is 9.81. The maximum Gasteiger partial charge on any atom is 0.126 e. The van der Waals surface area contributed by atoms with Crippen LogP contribution >= 0.6 is 0 Å². The average molecular weight is 209 g/mol. The lowest BCUT2D eigenvalue weighted by atomic mass is 10.1. The van der Waals surface area contributed by atoms with Gasteiger partial charge in [-0.1, -0.05) is 13.8 Å². The molecule has 2 heteroatoms. The smallest absolute Gasteiger partial charge is 0.126 e. The Bertz CT molecular complexity index is 307. The van der Waals surface area contributed by atoms with E-state index in [1.54, 1.807) is 13.0 Å². The fourth-order valence-corrected chi connectivity index (χ4v) is 1.50. The molecular formula is C13H20FN. The Morgan fingerprint density at radius 3 is 2.67 bits per heavy atom. The molecule has 0 saturated carbocycles. The van der Waals surface area contributed by atoms with Crippen LogP contribution in [0.4, 0.5) is 10.1 Å². The summed E-state index contributed by atoms with van der Waals surface area (Å²) in [7, 11) is 0. The lowest BCUT2D eigenvalue weighted by Crippen LogP contribution is -2.03. The first-order valence-electron chi connectivity index (χ1n) is 5.59. The van der Waals surface area contributed by atoms with Gasteiger partial charge in [0.2, 0.25) is 0 Å². The Morgan fingerprint density at radius 1 is 1.33 bits per heavy atom. The van der Waals surface area contributed by atoms with Crippen LogP contribution in [0.15, 0.2) is 18.2 Å². The van der Waals surface area contributed by atoms with E-state index in [0.29, 0.717) is 5.56 Å². The summed E-state index contributed by atoms with van der Waals surface area (Å²) in [6.07, 6.45) is 2.39. The van der Waals surface area contributed by atoms with Crippen molar-refractivity contribution in [1.82, 2.24) is 0 Å². The highest BCUT2D eigenvalue weighted by Crippen LogP contribution is 2.14. The van der Waals surface area contributed by atoms with Crippen molar-refractivity contribution in [2.45, 2.75) is 33.6 Å². The maximum atomic E-state index is 13.0. The molecule has 0 amide bonds. The fraction of sp³-hybridized carbons (Fsp3) is 0.538. The van der Waals surface area contributed by atoms with Crippen molar-refractivity contribution in [3.05, 3.63) is 29.6 Å². The minimum Gasteiger partial charge on any atom is -0.385 e. The van der Waals surface area contributed by atoms with Gasteiger partial charge in [-0.15, -0.1) is 0 Å². The number of anilines is 1. The van der Waals surface area contributed by atoms with Gasteiger partial charge in [0, 0.05) is 12.2 Å². The van der Waals surface area contributed by atoms with Crippen molar-refractivity contribution >= 4 is 5.69 Å². The third kappa shape index (κ3) is 4.32. The molecule has 1 N–H and O–H groups in total. The first-order chi connectivity index (χ1) is 7.09. The zero-order chi connectivity index (χ0) is 11.3. The third-order valence-electron chi connectivity index (χ3n) is 2.45. The van der Waals surface area contributed by atoms with E-state index in [0.717, 1.165) is 24.6 Å². The first-order valence-corrected chi connectivity index (χ1v) is 5.59. The molecular weight excluding hydrogens is 189 g/mol.